The van der Waals surface area contributed by atoms with E-state index in [1.807, 2.05) is 0 Å². The molecule has 22 heavy (non-hydrogen) atoms. The van der Waals surface area contributed by atoms with Gasteiger partial charge in [-0.2, -0.15) is 4.39 Å². The Morgan fingerprint density at radius 2 is 2.00 bits per heavy atom. The topological polar surface area (TPSA) is 100 Å². The molecule has 4 rings (SSSR count). The third-order valence-electron chi connectivity index (χ3n) is 4.41. The Hall–Kier alpha value is -2.64. The summed E-state index contributed by atoms with van der Waals surface area (Å²) in [7, 11) is 0. The van der Waals surface area contributed by atoms with Gasteiger partial charge in [0.05, 0.1) is 16.6 Å². The molecule has 0 bridgehead atoms. The number of benzene rings is 1. The lowest BCUT2D eigenvalue weighted by atomic mass is 10.0. The van der Waals surface area contributed by atoms with E-state index in [0.29, 0.717) is 0 Å². The van der Waals surface area contributed by atoms with Gasteiger partial charge in [-0.25, -0.2) is 4.39 Å². The van der Waals surface area contributed by atoms with Crippen LogP contribution in [0.2, 0.25) is 0 Å². The minimum atomic E-state index is -1.36. The molecule has 6 nitrogen and oxygen atoms in total. The van der Waals surface area contributed by atoms with Crippen molar-refractivity contribution in [2.24, 2.45) is 5.73 Å². The largest absolute Gasteiger partial charge is 0.486 e. The number of hydrogen-bond donors (Lipinski definition) is 2. The number of nitrogen functional groups attached to an aromatic ring is 1. The number of pyridine rings is 1. The monoisotopic (exact) mass is 307 g/mol. The molecule has 2 aromatic rings. The van der Waals surface area contributed by atoms with E-state index in [0.717, 1.165) is 12.8 Å². The lowest BCUT2D eigenvalue weighted by molar-refractivity contribution is 0.0998. The van der Waals surface area contributed by atoms with E-state index in [1.165, 1.54) is 6.20 Å². The van der Waals surface area contributed by atoms with Gasteiger partial charge in [0.25, 0.3) is 5.91 Å². The van der Waals surface area contributed by atoms with E-state index in [9.17, 15) is 18.4 Å². The van der Waals surface area contributed by atoms with Gasteiger partial charge in [0.1, 0.15) is 17.7 Å². The number of anilines is 1. The molecule has 1 spiro atoms. The number of carbonyl (C=O) groups excluding carboxylic acids is 1. The third-order valence-corrected chi connectivity index (χ3v) is 4.41. The summed E-state index contributed by atoms with van der Waals surface area (Å²) in [5.74, 6) is -3.89. The molecule has 1 amide bonds. The molecular formula is C14H11F2N3O3. The number of amides is 1. The number of rotatable bonds is 1. The quantitative estimate of drug-likeness (QED) is 0.762. The van der Waals surface area contributed by atoms with Crippen LogP contribution in [0.25, 0.3) is 10.9 Å². The fourth-order valence-electron chi connectivity index (χ4n) is 3.01. The second-order valence-electron chi connectivity index (χ2n) is 5.71. The van der Waals surface area contributed by atoms with Crippen molar-refractivity contribution in [3.05, 3.63) is 33.6 Å². The molecule has 1 aromatic carbocycles. The van der Waals surface area contributed by atoms with Crippen LogP contribution in [-0.4, -0.2) is 17.1 Å². The van der Waals surface area contributed by atoms with Gasteiger partial charge in [-0.3, -0.25) is 9.59 Å². The van der Waals surface area contributed by atoms with Crippen molar-refractivity contribution in [1.82, 2.24) is 4.57 Å². The zero-order valence-electron chi connectivity index (χ0n) is 11.3. The van der Waals surface area contributed by atoms with Crippen molar-refractivity contribution in [3.8, 4) is 5.75 Å². The van der Waals surface area contributed by atoms with E-state index in [4.69, 9.17) is 16.2 Å². The van der Waals surface area contributed by atoms with Gasteiger partial charge in [0, 0.05) is 6.20 Å². The second kappa shape index (κ2) is 3.76. The van der Waals surface area contributed by atoms with E-state index < -0.39 is 34.2 Å². The van der Waals surface area contributed by atoms with Gasteiger partial charge in [-0.15, -0.1) is 0 Å². The minimum absolute atomic E-state index is 0.0788. The summed E-state index contributed by atoms with van der Waals surface area (Å²) in [5.41, 5.74) is 8.66. The maximum Gasteiger partial charge on any atom is 0.254 e. The molecule has 0 atom stereocenters. The first-order valence-corrected chi connectivity index (χ1v) is 6.66. The van der Waals surface area contributed by atoms with Gasteiger partial charge in [-0.1, -0.05) is 0 Å². The van der Waals surface area contributed by atoms with Crippen LogP contribution in [0, 0.1) is 11.6 Å². The predicted octanol–water partition coefficient (Wildman–Crippen LogP) is 0.842. The van der Waals surface area contributed by atoms with E-state index >= 15 is 0 Å². The molecule has 1 saturated carbocycles. The molecule has 2 heterocycles. The third kappa shape index (κ3) is 1.36. The van der Waals surface area contributed by atoms with Crippen molar-refractivity contribution in [2.75, 3.05) is 12.3 Å². The molecule has 0 radical (unpaired) electrons. The average Bonchev–Trinajstić information content (AvgIpc) is 3.24. The molecule has 0 unspecified atom stereocenters. The second-order valence-corrected chi connectivity index (χ2v) is 5.71. The summed E-state index contributed by atoms with van der Waals surface area (Å²) in [6, 6.07) is 0. The summed E-state index contributed by atoms with van der Waals surface area (Å²) in [6.45, 7) is 0.135. The van der Waals surface area contributed by atoms with Crippen LogP contribution >= 0.6 is 0 Å². The Labute approximate surface area is 122 Å². The summed E-state index contributed by atoms with van der Waals surface area (Å²) < 4.78 is 35.0. The van der Waals surface area contributed by atoms with E-state index in [2.05, 4.69) is 0 Å². The first kappa shape index (κ1) is 13.1. The van der Waals surface area contributed by atoms with E-state index in [-0.39, 0.29) is 28.8 Å². The maximum absolute atomic E-state index is 14.1. The zero-order chi connectivity index (χ0) is 15.8. The van der Waals surface area contributed by atoms with Crippen LogP contribution in [0.15, 0.2) is 11.0 Å². The fraction of sp³-hybridized carbons (Fsp3) is 0.286. The van der Waals surface area contributed by atoms with Crippen LogP contribution in [-0.2, 0) is 5.54 Å². The molecule has 1 fully saturated rings. The fourth-order valence-corrected chi connectivity index (χ4v) is 3.01. The highest BCUT2D eigenvalue weighted by Gasteiger charge is 2.49. The number of nitrogens with two attached hydrogens (primary N) is 2. The molecule has 0 saturated heterocycles. The van der Waals surface area contributed by atoms with Gasteiger partial charge < -0.3 is 20.8 Å². The lowest BCUT2D eigenvalue weighted by Gasteiger charge is -2.30. The maximum atomic E-state index is 14.1. The summed E-state index contributed by atoms with van der Waals surface area (Å²) in [5, 5.41) is -0.267. The first-order valence-electron chi connectivity index (χ1n) is 6.66. The smallest absolute Gasteiger partial charge is 0.254 e. The first-order chi connectivity index (χ1) is 10.4. The minimum Gasteiger partial charge on any atom is -0.486 e. The molecule has 8 heteroatoms. The Kier molecular flexibility index (Phi) is 2.23. The number of fused-ring (bicyclic) bond motifs is 1. The van der Waals surface area contributed by atoms with Crippen LogP contribution in [0.1, 0.15) is 23.2 Å². The summed E-state index contributed by atoms with van der Waals surface area (Å²) >= 11 is 0. The van der Waals surface area contributed by atoms with E-state index in [1.54, 1.807) is 4.57 Å². The SMILES string of the molecule is NC(=O)c1cn2c3c(c(F)c(F)c(N)c3c1=O)OCC21CC1. The summed E-state index contributed by atoms with van der Waals surface area (Å²) in [4.78, 5) is 23.9. The molecule has 1 aliphatic heterocycles. The normalized spacial score (nSPS) is 17.5. The zero-order valence-corrected chi connectivity index (χ0v) is 11.3. The van der Waals surface area contributed by atoms with Crippen molar-refractivity contribution >= 4 is 22.5 Å². The van der Waals surface area contributed by atoms with Crippen molar-refractivity contribution < 1.29 is 18.3 Å². The number of ether oxygens (including phenoxy) is 1. The number of carbonyl (C=O) groups is 1. The highest BCUT2D eigenvalue weighted by Crippen LogP contribution is 2.50. The van der Waals surface area contributed by atoms with Crippen molar-refractivity contribution in [2.45, 2.75) is 18.4 Å². The van der Waals surface area contributed by atoms with Crippen LogP contribution in [0.4, 0.5) is 14.5 Å². The summed E-state index contributed by atoms with van der Waals surface area (Å²) in [6.07, 6.45) is 2.77. The molecule has 2 aliphatic rings. The average molecular weight is 307 g/mol. The van der Waals surface area contributed by atoms with Crippen LogP contribution in [0.3, 0.4) is 0 Å². The molecular weight excluding hydrogens is 296 g/mol. The number of hydrogen-bond acceptors (Lipinski definition) is 4. The lowest BCUT2D eigenvalue weighted by Crippen LogP contribution is -2.35. The Morgan fingerprint density at radius 1 is 1.32 bits per heavy atom. The highest BCUT2D eigenvalue weighted by atomic mass is 19.2. The number of nitrogens with zero attached hydrogens (tertiary/aromatic N) is 1. The molecule has 1 aromatic heterocycles. The van der Waals surface area contributed by atoms with Crippen LogP contribution in [0.5, 0.6) is 5.75 Å². The molecule has 1 aliphatic carbocycles. The Balaban J connectivity index is 2.29. The Bertz CT molecular complexity index is 932. The number of halogens is 2. The predicted molar refractivity (Wildman–Crippen MR) is 73.8 cm³/mol. The number of aromatic nitrogens is 1. The van der Waals surface area contributed by atoms with Crippen molar-refractivity contribution in [1.29, 1.82) is 0 Å². The molecule has 4 N–H and O–H groups in total. The van der Waals surface area contributed by atoms with Gasteiger partial charge in [0.15, 0.2) is 11.6 Å². The van der Waals surface area contributed by atoms with Gasteiger partial charge in [-0.05, 0) is 12.8 Å². The van der Waals surface area contributed by atoms with Crippen LogP contribution < -0.4 is 21.6 Å². The van der Waals surface area contributed by atoms with Gasteiger partial charge in [0.2, 0.25) is 11.2 Å². The number of primary amides is 1. The molecule has 114 valence electrons. The standard InChI is InChI=1S/C14H11F2N3O3/c15-7-8(16)12-10-6(9(7)17)11(20)5(13(18)21)3-19(10)14(1-2-14)4-22-12/h3H,1-2,4,17H2,(H2,18,21). The Morgan fingerprint density at radius 3 is 2.59 bits per heavy atom. The highest BCUT2D eigenvalue weighted by molar-refractivity contribution is 6.01. The van der Waals surface area contributed by atoms with Crippen molar-refractivity contribution in [3.63, 3.8) is 0 Å². The van der Waals surface area contributed by atoms with Gasteiger partial charge >= 0.3 is 0 Å².